The van der Waals surface area contributed by atoms with E-state index < -0.39 is 18.0 Å². The van der Waals surface area contributed by atoms with Gasteiger partial charge in [-0.1, -0.05) is 42.5 Å². The van der Waals surface area contributed by atoms with Gasteiger partial charge in [-0.2, -0.15) is 4.94 Å². The number of aromatic nitrogens is 2. The van der Waals surface area contributed by atoms with Crippen LogP contribution in [0.5, 0.6) is 0 Å². The van der Waals surface area contributed by atoms with Crippen LogP contribution in [0.4, 0.5) is 11.4 Å². The van der Waals surface area contributed by atoms with Gasteiger partial charge >= 0.3 is 11.9 Å². The van der Waals surface area contributed by atoms with Crippen molar-refractivity contribution in [3.8, 4) is 0 Å². The number of hydrogen-bond donors (Lipinski definition) is 2. The van der Waals surface area contributed by atoms with Crippen molar-refractivity contribution >= 4 is 29.4 Å². The Labute approximate surface area is 226 Å². The van der Waals surface area contributed by atoms with Gasteiger partial charge in [0.15, 0.2) is 0 Å². The minimum absolute atomic E-state index is 0.0175. The number of rotatable bonds is 8. The molecule has 0 spiro atoms. The van der Waals surface area contributed by atoms with Crippen molar-refractivity contribution in [1.82, 2.24) is 14.5 Å². The average molecular weight is 528 g/mol. The van der Waals surface area contributed by atoms with Gasteiger partial charge in [-0.3, -0.25) is 0 Å². The van der Waals surface area contributed by atoms with Crippen molar-refractivity contribution in [2.24, 2.45) is 0 Å². The molecule has 200 valence electrons. The number of carbonyl (C=O) groups is 2. The number of imidazole rings is 1. The molecule has 0 radical (unpaired) electrons. The number of aliphatic carboxylic acids is 1. The van der Waals surface area contributed by atoms with Crippen molar-refractivity contribution in [2.75, 3.05) is 24.2 Å². The number of ether oxygens (including phenoxy) is 1. The molecule has 1 unspecified atom stereocenters. The number of anilines is 2. The normalized spacial score (nSPS) is 17.1. The molecule has 1 aromatic heterocycles. The highest BCUT2D eigenvalue weighted by Gasteiger charge is 2.44. The van der Waals surface area contributed by atoms with E-state index >= 15 is 0 Å². The van der Waals surface area contributed by atoms with Gasteiger partial charge in [0, 0.05) is 37.4 Å². The summed E-state index contributed by atoms with van der Waals surface area (Å²) in [6.07, 6.45) is 9.06. The van der Waals surface area contributed by atoms with Crippen LogP contribution in [-0.2, 0) is 25.8 Å². The molecule has 0 aliphatic carbocycles. The summed E-state index contributed by atoms with van der Waals surface area (Å²) >= 11 is 0. The van der Waals surface area contributed by atoms with E-state index in [4.69, 9.17) is 9.68 Å². The molecule has 5 rings (SSSR count). The van der Waals surface area contributed by atoms with Crippen molar-refractivity contribution in [2.45, 2.75) is 26.4 Å². The first-order valence-corrected chi connectivity index (χ1v) is 12.4. The molecule has 2 N–H and O–H groups in total. The van der Waals surface area contributed by atoms with Gasteiger partial charge in [0.1, 0.15) is 12.6 Å². The summed E-state index contributed by atoms with van der Waals surface area (Å²) in [5.41, 5.74) is 7.50. The summed E-state index contributed by atoms with van der Waals surface area (Å²) in [6.45, 7) is 4.23. The lowest BCUT2D eigenvalue weighted by molar-refractivity contribution is -0.138. The maximum Gasteiger partial charge on any atom is 0.338 e. The molecule has 0 amide bonds. The summed E-state index contributed by atoms with van der Waals surface area (Å²) in [5.74, 6) is -1.77. The average Bonchev–Trinajstić information content (AvgIpc) is 3.60. The molecule has 0 fully saturated rings. The largest absolute Gasteiger partial charge is 0.478 e. The summed E-state index contributed by atoms with van der Waals surface area (Å²) in [4.78, 5) is 37.3. The van der Waals surface area contributed by atoms with Gasteiger partial charge in [-0.25, -0.2) is 25.1 Å². The molecule has 2 aromatic carbocycles. The molecular formula is C29H29N5O5. The molecule has 10 nitrogen and oxygen atoms in total. The molecule has 2 aliphatic heterocycles. The van der Waals surface area contributed by atoms with E-state index in [1.807, 2.05) is 59.3 Å². The number of hydroxylamine groups is 1. The van der Waals surface area contributed by atoms with Crippen LogP contribution in [-0.4, -0.2) is 51.2 Å². The fourth-order valence-electron chi connectivity index (χ4n) is 4.72. The fraction of sp³-hybridized carbons (Fsp3) is 0.207. The number of nitrogens with zero attached hydrogens (tertiary/aromatic N) is 4. The van der Waals surface area contributed by atoms with Gasteiger partial charge < -0.3 is 19.3 Å². The summed E-state index contributed by atoms with van der Waals surface area (Å²) in [6, 6.07) is 14.3. The summed E-state index contributed by atoms with van der Waals surface area (Å²) in [7, 11) is 1.73. The third kappa shape index (κ3) is 5.14. The Hall–Kier alpha value is -4.83. The molecule has 3 aromatic rings. The van der Waals surface area contributed by atoms with E-state index in [1.54, 1.807) is 50.5 Å². The highest BCUT2D eigenvalue weighted by atomic mass is 16.8. The Kier molecular flexibility index (Phi) is 7.20. The van der Waals surface area contributed by atoms with Gasteiger partial charge in [-0.05, 0) is 43.2 Å². The van der Waals surface area contributed by atoms with Crippen molar-refractivity contribution in [3.63, 3.8) is 0 Å². The zero-order chi connectivity index (χ0) is 27.5. The van der Waals surface area contributed by atoms with E-state index in [0.717, 1.165) is 17.7 Å². The molecular weight excluding hydrogens is 498 g/mol. The first kappa shape index (κ1) is 25.8. The van der Waals surface area contributed by atoms with Crippen LogP contribution >= 0.6 is 0 Å². The van der Waals surface area contributed by atoms with Gasteiger partial charge in [0.05, 0.1) is 28.8 Å². The quantitative estimate of drug-likeness (QED) is 0.416. The number of carboxylic acids is 1. The van der Waals surface area contributed by atoms with Crippen molar-refractivity contribution in [3.05, 3.63) is 107 Å². The first-order valence-electron chi connectivity index (χ1n) is 12.4. The third-order valence-electron chi connectivity index (χ3n) is 6.94. The maximum atomic E-state index is 13.4. The Morgan fingerprint density at radius 3 is 2.56 bits per heavy atom. The zero-order valence-corrected chi connectivity index (χ0v) is 21.9. The highest BCUT2D eigenvalue weighted by Crippen LogP contribution is 2.41. The molecule has 39 heavy (non-hydrogen) atoms. The Morgan fingerprint density at radius 2 is 1.85 bits per heavy atom. The minimum atomic E-state index is -1.15. The number of nitrogens with one attached hydrogen (secondary N) is 1. The number of hydrogen-bond acceptors (Lipinski definition) is 8. The number of fused-ring (bicyclic) bond motifs is 1. The van der Waals surface area contributed by atoms with E-state index in [-0.39, 0.29) is 17.8 Å². The van der Waals surface area contributed by atoms with Gasteiger partial charge in [-0.15, -0.1) is 0 Å². The van der Waals surface area contributed by atoms with Gasteiger partial charge in [0.25, 0.3) is 0 Å². The fourth-order valence-corrected chi connectivity index (χ4v) is 4.72. The number of carbonyl (C=O) groups excluding carboxylic acids is 1. The van der Waals surface area contributed by atoms with Gasteiger partial charge in [0.2, 0.25) is 0 Å². The second-order valence-corrected chi connectivity index (χ2v) is 9.28. The topological polar surface area (TPSA) is 109 Å². The van der Waals surface area contributed by atoms with Crippen LogP contribution in [0.2, 0.25) is 0 Å². The molecule has 2 aliphatic rings. The monoisotopic (exact) mass is 527 g/mol. The smallest absolute Gasteiger partial charge is 0.338 e. The minimum Gasteiger partial charge on any atom is -0.478 e. The Balaban J connectivity index is 1.32. The SMILES string of the molecule is CC1=C(C(=O)O)C(N2ONc3ccccc32)C(C(=O)OCC=Cc2ccc(Cn3ccnc3)cc2)=C(C)N1C. The number of carboxylic acid groups (broad SMARTS) is 1. The van der Waals surface area contributed by atoms with Crippen LogP contribution in [0, 0.1) is 0 Å². The van der Waals surface area contributed by atoms with Crippen LogP contribution in [0.3, 0.4) is 0 Å². The van der Waals surface area contributed by atoms with Crippen molar-refractivity contribution in [1.29, 1.82) is 0 Å². The predicted octanol–water partition coefficient (Wildman–Crippen LogP) is 4.21. The number of benzene rings is 2. The zero-order valence-electron chi connectivity index (χ0n) is 21.9. The second-order valence-electron chi connectivity index (χ2n) is 9.28. The summed E-state index contributed by atoms with van der Waals surface area (Å²) in [5, 5.41) is 11.6. The number of allylic oxidation sites excluding steroid dienone is 2. The van der Waals surface area contributed by atoms with Crippen LogP contribution in [0.1, 0.15) is 25.0 Å². The Morgan fingerprint density at radius 1 is 1.10 bits per heavy atom. The molecule has 0 bridgehead atoms. The molecule has 1 atom stereocenters. The van der Waals surface area contributed by atoms with E-state index in [1.165, 1.54) is 5.06 Å². The Bertz CT molecular complexity index is 1470. The highest BCUT2D eigenvalue weighted by molar-refractivity contribution is 6.00. The lowest BCUT2D eigenvalue weighted by Gasteiger charge is -2.38. The molecule has 0 saturated heterocycles. The van der Waals surface area contributed by atoms with E-state index in [2.05, 4.69) is 10.5 Å². The first-order chi connectivity index (χ1) is 18.8. The van der Waals surface area contributed by atoms with Crippen LogP contribution < -0.4 is 10.5 Å². The standard InChI is InChI=1S/C29H29N5O5/c1-19-25(28(35)36)27(34-24-9-5-4-8-23(24)31-39-34)26(20(2)32(19)3)29(37)38-16-6-7-21-10-12-22(13-11-21)17-33-15-14-30-18-33/h4-15,18,27,31H,16-17H2,1-3H3,(H,35,36). The lowest BCUT2D eigenvalue weighted by Crippen LogP contribution is -2.46. The molecule has 0 saturated carbocycles. The second kappa shape index (κ2) is 10.9. The predicted molar refractivity (Wildman–Crippen MR) is 146 cm³/mol. The lowest BCUT2D eigenvalue weighted by atomic mass is 9.90. The molecule has 10 heteroatoms. The maximum absolute atomic E-state index is 13.4. The van der Waals surface area contributed by atoms with Crippen LogP contribution in [0.25, 0.3) is 6.08 Å². The van der Waals surface area contributed by atoms with E-state index in [0.29, 0.717) is 22.8 Å². The molecule has 3 heterocycles. The number of esters is 1. The van der Waals surface area contributed by atoms with Crippen molar-refractivity contribution < 1.29 is 24.4 Å². The van der Waals surface area contributed by atoms with Crippen LogP contribution in [0.15, 0.2) is 95.9 Å². The summed E-state index contributed by atoms with van der Waals surface area (Å²) < 4.78 is 7.61. The number of para-hydroxylation sites is 2. The van der Waals surface area contributed by atoms with E-state index in [9.17, 15) is 14.7 Å². The third-order valence-corrected chi connectivity index (χ3v) is 6.94.